The van der Waals surface area contributed by atoms with Crippen molar-refractivity contribution >= 4 is 23.6 Å². The number of nitrogens with zero attached hydrogens (tertiary/aromatic N) is 1. The second kappa shape index (κ2) is 11.1. The van der Waals surface area contributed by atoms with E-state index in [0.717, 1.165) is 48.9 Å². The molecule has 2 aromatic carbocycles. The number of amides is 3. The van der Waals surface area contributed by atoms with Crippen LogP contribution in [0.5, 0.6) is 0 Å². The van der Waals surface area contributed by atoms with Gasteiger partial charge in [0.05, 0.1) is 5.97 Å². The summed E-state index contributed by atoms with van der Waals surface area (Å²) in [6.45, 7) is 6.66. The van der Waals surface area contributed by atoms with Gasteiger partial charge in [0, 0.05) is 23.8 Å². The summed E-state index contributed by atoms with van der Waals surface area (Å²) >= 11 is 0. The van der Waals surface area contributed by atoms with E-state index in [1.54, 1.807) is 17.0 Å². The highest BCUT2D eigenvalue weighted by atomic mass is 16.4. The highest BCUT2D eigenvalue weighted by molar-refractivity contribution is 5.94. The lowest BCUT2D eigenvalue weighted by Gasteiger charge is -2.32. The molecule has 1 aliphatic heterocycles. The molecule has 7 heteroatoms. The Balaban J connectivity index is 1.31. The molecule has 4 rings (SSSR count). The molecule has 1 atom stereocenters. The van der Waals surface area contributed by atoms with Gasteiger partial charge in [-0.05, 0) is 86.1 Å². The molecule has 3 amide bonds. The van der Waals surface area contributed by atoms with E-state index < -0.39 is 12.0 Å². The summed E-state index contributed by atoms with van der Waals surface area (Å²) in [7, 11) is 0. The Bertz CT molecular complexity index is 1100. The SMILES string of the molecule is Cc1c(C(=O)[O-])cccc1C1CCC(NC(=O)[C@H]2CCCN2C(=O)Nc2ccc(C(C)C)cc2)CC1. The summed E-state index contributed by atoms with van der Waals surface area (Å²) in [6.07, 6.45) is 4.88. The fraction of sp³-hybridized carbons (Fsp3) is 0.483. The van der Waals surface area contributed by atoms with Crippen molar-refractivity contribution < 1.29 is 19.5 Å². The number of carboxylic acid groups (broad SMARTS) is 1. The first-order chi connectivity index (χ1) is 17.2. The maximum Gasteiger partial charge on any atom is 0.322 e. The van der Waals surface area contributed by atoms with Crippen LogP contribution in [0, 0.1) is 6.92 Å². The Morgan fingerprint density at radius 2 is 1.67 bits per heavy atom. The fourth-order valence-corrected chi connectivity index (χ4v) is 5.59. The monoisotopic (exact) mass is 490 g/mol. The minimum Gasteiger partial charge on any atom is -0.545 e. The van der Waals surface area contributed by atoms with Gasteiger partial charge in [0.1, 0.15) is 6.04 Å². The summed E-state index contributed by atoms with van der Waals surface area (Å²) in [4.78, 5) is 39.1. The number of benzene rings is 2. The Morgan fingerprint density at radius 3 is 2.31 bits per heavy atom. The quantitative estimate of drug-likeness (QED) is 0.630. The van der Waals surface area contributed by atoms with Crippen LogP contribution in [0.2, 0.25) is 0 Å². The first-order valence-electron chi connectivity index (χ1n) is 13.0. The largest absolute Gasteiger partial charge is 0.545 e. The van der Waals surface area contributed by atoms with Crippen LogP contribution in [0.3, 0.4) is 0 Å². The summed E-state index contributed by atoms with van der Waals surface area (Å²) in [5.74, 6) is -0.537. The molecular weight excluding hydrogens is 454 g/mol. The topological polar surface area (TPSA) is 102 Å². The summed E-state index contributed by atoms with van der Waals surface area (Å²) in [6, 6.07) is 12.6. The van der Waals surface area contributed by atoms with Gasteiger partial charge in [0.25, 0.3) is 0 Å². The van der Waals surface area contributed by atoms with E-state index in [2.05, 4.69) is 24.5 Å². The minimum absolute atomic E-state index is 0.0625. The summed E-state index contributed by atoms with van der Waals surface area (Å²) < 4.78 is 0. The molecule has 2 aliphatic rings. The molecule has 0 aromatic heterocycles. The molecule has 192 valence electrons. The third-order valence-corrected chi connectivity index (χ3v) is 7.75. The molecular formula is C29H36N3O4-. The van der Waals surface area contributed by atoms with Gasteiger partial charge >= 0.3 is 6.03 Å². The number of aromatic carboxylic acids is 1. The standard InChI is InChI=1S/C29H37N3O4/c1-18(2)20-9-13-23(14-10-20)31-29(36)32-17-5-8-26(32)27(33)30-22-15-11-21(12-16-22)24-6-4-7-25(19(24)3)28(34)35/h4,6-7,9-10,13-14,18,21-22,26H,5,8,11-12,15-17H2,1-3H3,(H,30,33)(H,31,36)(H,34,35)/p-1/t21?,22?,26-/m1/s1. The average molecular weight is 491 g/mol. The van der Waals surface area contributed by atoms with Crippen LogP contribution in [0.1, 0.15) is 91.3 Å². The van der Waals surface area contributed by atoms with Crippen LogP contribution in [-0.2, 0) is 4.79 Å². The Morgan fingerprint density at radius 1 is 0.972 bits per heavy atom. The molecule has 1 aliphatic carbocycles. The molecule has 7 nitrogen and oxygen atoms in total. The number of urea groups is 1. The predicted molar refractivity (Wildman–Crippen MR) is 138 cm³/mol. The predicted octanol–water partition coefficient (Wildman–Crippen LogP) is 4.32. The fourth-order valence-electron chi connectivity index (χ4n) is 5.59. The van der Waals surface area contributed by atoms with Crippen LogP contribution in [0.25, 0.3) is 0 Å². The molecule has 0 unspecified atom stereocenters. The number of carbonyl (C=O) groups is 3. The van der Waals surface area contributed by atoms with Crippen molar-refractivity contribution in [1.82, 2.24) is 10.2 Å². The maximum absolute atomic E-state index is 13.1. The van der Waals surface area contributed by atoms with Crippen molar-refractivity contribution in [3.8, 4) is 0 Å². The van der Waals surface area contributed by atoms with Gasteiger partial charge in [-0.3, -0.25) is 4.79 Å². The number of hydrogen-bond acceptors (Lipinski definition) is 4. The number of carbonyl (C=O) groups excluding carboxylic acids is 3. The van der Waals surface area contributed by atoms with Crippen molar-refractivity contribution in [3.05, 3.63) is 64.7 Å². The van der Waals surface area contributed by atoms with Gasteiger partial charge < -0.3 is 25.4 Å². The highest BCUT2D eigenvalue weighted by Crippen LogP contribution is 2.35. The summed E-state index contributed by atoms with van der Waals surface area (Å²) in [5, 5.41) is 17.5. The zero-order valence-corrected chi connectivity index (χ0v) is 21.4. The van der Waals surface area contributed by atoms with E-state index in [4.69, 9.17) is 0 Å². The number of carboxylic acids is 1. The van der Waals surface area contributed by atoms with E-state index in [-0.39, 0.29) is 29.5 Å². The van der Waals surface area contributed by atoms with E-state index in [9.17, 15) is 19.5 Å². The summed E-state index contributed by atoms with van der Waals surface area (Å²) in [5.41, 5.74) is 4.02. The van der Waals surface area contributed by atoms with Crippen molar-refractivity contribution in [2.45, 2.75) is 83.2 Å². The molecule has 36 heavy (non-hydrogen) atoms. The second-order valence-electron chi connectivity index (χ2n) is 10.4. The smallest absolute Gasteiger partial charge is 0.322 e. The van der Waals surface area contributed by atoms with Crippen molar-refractivity contribution in [2.75, 3.05) is 11.9 Å². The highest BCUT2D eigenvalue weighted by Gasteiger charge is 2.35. The van der Waals surface area contributed by atoms with Crippen LogP contribution in [-0.4, -0.2) is 41.4 Å². The van der Waals surface area contributed by atoms with Crippen LogP contribution in [0.15, 0.2) is 42.5 Å². The number of hydrogen-bond donors (Lipinski definition) is 2. The zero-order valence-electron chi connectivity index (χ0n) is 21.4. The molecule has 0 radical (unpaired) electrons. The lowest BCUT2D eigenvalue weighted by Crippen LogP contribution is -2.50. The van der Waals surface area contributed by atoms with Crippen LogP contribution < -0.4 is 15.7 Å². The van der Waals surface area contributed by atoms with E-state index in [0.29, 0.717) is 18.9 Å². The number of likely N-dealkylation sites (tertiary alicyclic amines) is 1. The molecule has 1 heterocycles. The Hall–Kier alpha value is -3.35. The molecule has 2 aromatic rings. The van der Waals surface area contributed by atoms with Crippen LogP contribution >= 0.6 is 0 Å². The van der Waals surface area contributed by atoms with Gasteiger partial charge in [0.15, 0.2) is 0 Å². The van der Waals surface area contributed by atoms with E-state index in [1.165, 1.54) is 5.56 Å². The first kappa shape index (κ1) is 25.7. The van der Waals surface area contributed by atoms with Crippen molar-refractivity contribution in [3.63, 3.8) is 0 Å². The third-order valence-electron chi connectivity index (χ3n) is 7.75. The Labute approximate surface area is 213 Å². The molecule has 1 saturated carbocycles. The Kier molecular flexibility index (Phi) is 7.97. The first-order valence-corrected chi connectivity index (χ1v) is 13.0. The average Bonchev–Trinajstić information content (AvgIpc) is 3.35. The van der Waals surface area contributed by atoms with Gasteiger partial charge in [-0.25, -0.2) is 4.79 Å². The van der Waals surface area contributed by atoms with E-state index in [1.807, 2.05) is 37.3 Å². The van der Waals surface area contributed by atoms with E-state index >= 15 is 0 Å². The minimum atomic E-state index is -1.15. The van der Waals surface area contributed by atoms with Gasteiger partial charge in [-0.1, -0.05) is 44.2 Å². The van der Waals surface area contributed by atoms with Gasteiger partial charge in [-0.15, -0.1) is 0 Å². The molecule has 1 saturated heterocycles. The lowest BCUT2D eigenvalue weighted by atomic mass is 9.79. The molecule has 0 spiro atoms. The lowest BCUT2D eigenvalue weighted by molar-refractivity contribution is -0.255. The maximum atomic E-state index is 13.1. The molecule has 2 fully saturated rings. The second-order valence-corrected chi connectivity index (χ2v) is 10.4. The number of anilines is 1. The normalized spacial score (nSPS) is 21.9. The van der Waals surface area contributed by atoms with Crippen LogP contribution in [0.4, 0.5) is 10.5 Å². The zero-order chi connectivity index (χ0) is 25.8. The molecule has 0 bridgehead atoms. The van der Waals surface area contributed by atoms with Crippen molar-refractivity contribution in [2.24, 2.45) is 0 Å². The molecule has 2 N–H and O–H groups in total. The van der Waals surface area contributed by atoms with Crippen molar-refractivity contribution in [1.29, 1.82) is 0 Å². The van der Waals surface area contributed by atoms with Gasteiger partial charge in [-0.2, -0.15) is 0 Å². The third kappa shape index (κ3) is 5.72. The van der Waals surface area contributed by atoms with Gasteiger partial charge in [0.2, 0.25) is 5.91 Å². The number of nitrogens with one attached hydrogen (secondary N) is 2. The number of rotatable bonds is 6.